The predicted molar refractivity (Wildman–Crippen MR) is 108 cm³/mol. The maximum atomic E-state index is 13.1. The van der Waals surface area contributed by atoms with Gasteiger partial charge in [-0.1, -0.05) is 17.3 Å². The summed E-state index contributed by atoms with van der Waals surface area (Å²) < 4.78 is 18.0. The van der Waals surface area contributed by atoms with E-state index < -0.39 is 11.8 Å². The molecule has 3 N–H and O–H groups in total. The fourth-order valence-electron chi connectivity index (χ4n) is 3.39. The molecule has 29 heavy (non-hydrogen) atoms. The molecule has 8 nitrogen and oxygen atoms in total. The van der Waals surface area contributed by atoms with Gasteiger partial charge in [-0.05, 0) is 24.1 Å². The highest BCUT2D eigenvalue weighted by atomic mass is 19.1. The van der Waals surface area contributed by atoms with E-state index in [1.165, 1.54) is 12.1 Å². The summed E-state index contributed by atoms with van der Waals surface area (Å²) in [4.78, 5) is 20.7. The van der Waals surface area contributed by atoms with Crippen LogP contribution in [-0.4, -0.2) is 66.6 Å². The second-order valence-corrected chi connectivity index (χ2v) is 7.11. The zero-order valence-electron chi connectivity index (χ0n) is 16.6. The van der Waals surface area contributed by atoms with Crippen LogP contribution in [0.2, 0.25) is 0 Å². The Kier molecular flexibility index (Phi) is 7.18. The van der Waals surface area contributed by atoms with Gasteiger partial charge in [-0.25, -0.2) is 4.39 Å². The minimum Gasteiger partial charge on any atom is -0.369 e. The number of nitrogens with zero attached hydrogens (tertiary/aromatic N) is 4. The van der Waals surface area contributed by atoms with Crippen molar-refractivity contribution in [2.24, 2.45) is 16.6 Å². The number of hydrogen-bond donors (Lipinski definition) is 2. The average molecular weight is 402 g/mol. The smallest absolute Gasteiger partial charge is 0.222 e. The summed E-state index contributed by atoms with van der Waals surface area (Å²) in [5.74, 6) is -0.359. The molecule has 1 aromatic carbocycles. The molecule has 2 aromatic rings. The van der Waals surface area contributed by atoms with Crippen molar-refractivity contribution in [1.29, 1.82) is 0 Å². The monoisotopic (exact) mass is 402 g/mol. The SMILES string of the molecule is CN=C(NCC(Cc1ccc(F)cc1)C(N)=O)N1CCN(Cc2ccon2)CC1. The fraction of sp³-hybridized carbons (Fsp3) is 0.450. The van der Waals surface area contributed by atoms with E-state index in [4.69, 9.17) is 10.3 Å². The number of carbonyl (C=O) groups is 1. The molecule has 0 saturated carbocycles. The van der Waals surface area contributed by atoms with Crippen molar-refractivity contribution in [3.63, 3.8) is 0 Å². The third kappa shape index (κ3) is 6.02. The van der Waals surface area contributed by atoms with E-state index in [-0.39, 0.29) is 5.82 Å². The zero-order valence-corrected chi connectivity index (χ0v) is 16.6. The molecule has 0 bridgehead atoms. The topological polar surface area (TPSA) is 100.0 Å². The number of primary amides is 1. The van der Waals surface area contributed by atoms with Crippen LogP contribution in [-0.2, 0) is 17.8 Å². The number of piperazine rings is 1. The summed E-state index contributed by atoms with van der Waals surface area (Å²) in [6.45, 7) is 4.52. The van der Waals surface area contributed by atoms with Gasteiger partial charge in [0.1, 0.15) is 12.1 Å². The third-order valence-corrected chi connectivity index (χ3v) is 5.06. The molecule has 1 amide bonds. The average Bonchev–Trinajstić information content (AvgIpc) is 3.23. The Labute approximate surface area is 169 Å². The van der Waals surface area contributed by atoms with E-state index >= 15 is 0 Å². The lowest BCUT2D eigenvalue weighted by atomic mass is 9.98. The van der Waals surface area contributed by atoms with Crippen LogP contribution < -0.4 is 11.1 Å². The van der Waals surface area contributed by atoms with Gasteiger partial charge in [0.2, 0.25) is 5.91 Å². The minimum atomic E-state index is -0.411. The molecule has 1 aliphatic heterocycles. The first-order chi connectivity index (χ1) is 14.0. The highest BCUT2D eigenvalue weighted by molar-refractivity contribution is 5.82. The Morgan fingerprint density at radius 2 is 2.00 bits per heavy atom. The molecular weight excluding hydrogens is 375 g/mol. The highest BCUT2D eigenvalue weighted by Crippen LogP contribution is 2.11. The van der Waals surface area contributed by atoms with E-state index in [1.807, 2.05) is 6.07 Å². The Morgan fingerprint density at radius 3 is 2.59 bits per heavy atom. The van der Waals surface area contributed by atoms with E-state index in [0.717, 1.165) is 49.9 Å². The lowest BCUT2D eigenvalue weighted by Crippen LogP contribution is -2.53. The molecule has 0 aliphatic carbocycles. The lowest BCUT2D eigenvalue weighted by Gasteiger charge is -2.36. The number of rotatable bonds is 7. The summed E-state index contributed by atoms with van der Waals surface area (Å²) in [7, 11) is 1.73. The molecular formula is C20H27FN6O2. The molecule has 3 rings (SSSR count). The highest BCUT2D eigenvalue weighted by Gasteiger charge is 2.22. The minimum absolute atomic E-state index is 0.300. The van der Waals surface area contributed by atoms with Gasteiger partial charge in [0.15, 0.2) is 5.96 Å². The van der Waals surface area contributed by atoms with E-state index in [2.05, 4.69) is 25.3 Å². The summed E-state index contributed by atoms with van der Waals surface area (Å²) in [6.07, 6.45) is 2.03. The number of guanidine groups is 1. The normalized spacial score (nSPS) is 16.6. The Morgan fingerprint density at radius 1 is 1.28 bits per heavy atom. The molecule has 156 valence electrons. The molecule has 1 atom stereocenters. The van der Waals surface area contributed by atoms with Gasteiger partial charge in [0, 0.05) is 52.4 Å². The van der Waals surface area contributed by atoms with Crippen molar-refractivity contribution in [1.82, 2.24) is 20.3 Å². The van der Waals surface area contributed by atoms with Crippen LogP contribution in [0.5, 0.6) is 0 Å². The first kappa shape index (κ1) is 20.8. The zero-order chi connectivity index (χ0) is 20.6. The molecule has 1 aliphatic rings. The second-order valence-electron chi connectivity index (χ2n) is 7.11. The molecule has 0 radical (unpaired) electrons. The first-order valence-electron chi connectivity index (χ1n) is 9.66. The van der Waals surface area contributed by atoms with Crippen LogP contribution in [0.4, 0.5) is 4.39 Å². The largest absolute Gasteiger partial charge is 0.369 e. The van der Waals surface area contributed by atoms with Crippen LogP contribution in [0.1, 0.15) is 11.3 Å². The predicted octanol–water partition coefficient (Wildman–Crippen LogP) is 0.851. The first-order valence-corrected chi connectivity index (χ1v) is 9.66. The third-order valence-electron chi connectivity index (χ3n) is 5.06. The Balaban J connectivity index is 1.49. The number of amides is 1. The Hall–Kier alpha value is -2.94. The van der Waals surface area contributed by atoms with E-state index in [0.29, 0.717) is 13.0 Å². The van der Waals surface area contributed by atoms with Crippen molar-refractivity contribution in [2.45, 2.75) is 13.0 Å². The number of aliphatic imine (C=N–C) groups is 1. The van der Waals surface area contributed by atoms with Crippen LogP contribution in [0.25, 0.3) is 0 Å². The summed E-state index contributed by atoms with van der Waals surface area (Å²) in [5, 5.41) is 7.22. The van der Waals surface area contributed by atoms with Crippen LogP contribution in [0.15, 0.2) is 46.1 Å². The molecule has 1 aromatic heterocycles. The standard InChI is InChI=1S/C20H27FN6O2/c1-23-20(27-9-7-26(8-10-27)14-18-6-11-29-25-18)24-13-16(19(22)28)12-15-2-4-17(21)5-3-15/h2-6,11,16H,7-10,12-14H2,1H3,(H2,22,28)(H,23,24). The lowest BCUT2D eigenvalue weighted by molar-refractivity contribution is -0.121. The number of benzene rings is 1. The maximum Gasteiger partial charge on any atom is 0.222 e. The van der Waals surface area contributed by atoms with Crippen molar-refractivity contribution < 1.29 is 13.7 Å². The second kappa shape index (κ2) is 10.0. The van der Waals surface area contributed by atoms with Crippen molar-refractivity contribution in [3.05, 3.63) is 53.7 Å². The number of nitrogens with one attached hydrogen (secondary N) is 1. The molecule has 2 heterocycles. The number of hydrogen-bond acceptors (Lipinski definition) is 5. The molecule has 1 fully saturated rings. The van der Waals surface area contributed by atoms with Gasteiger partial charge in [0.25, 0.3) is 0 Å². The van der Waals surface area contributed by atoms with E-state index in [1.54, 1.807) is 25.4 Å². The van der Waals surface area contributed by atoms with Gasteiger partial charge >= 0.3 is 0 Å². The molecule has 9 heteroatoms. The van der Waals surface area contributed by atoms with Crippen molar-refractivity contribution in [3.8, 4) is 0 Å². The van der Waals surface area contributed by atoms with E-state index in [9.17, 15) is 9.18 Å². The number of aromatic nitrogens is 1. The van der Waals surface area contributed by atoms with Crippen molar-refractivity contribution >= 4 is 11.9 Å². The number of halogens is 1. The summed E-state index contributed by atoms with van der Waals surface area (Å²) in [6, 6.07) is 8.00. The van der Waals surface area contributed by atoms with Gasteiger partial charge in [-0.15, -0.1) is 0 Å². The van der Waals surface area contributed by atoms with Crippen molar-refractivity contribution in [2.75, 3.05) is 39.8 Å². The summed E-state index contributed by atoms with van der Waals surface area (Å²) >= 11 is 0. The van der Waals surface area contributed by atoms with Crippen LogP contribution in [0.3, 0.4) is 0 Å². The fourth-order valence-corrected chi connectivity index (χ4v) is 3.39. The van der Waals surface area contributed by atoms with Gasteiger partial charge in [-0.3, -0.25) is 14.7 Å². The quantitative estimate of drug-likeness (QED) is 0.526. The number of nitrogens with two attached hydrogens (primary N) is 1. The summed E-state index contributed by atoms with van der Waals surface area (Å²) in [5.41, 5.74) is 7.37. The molecule has 1 saturated heterocycles. The van der Waals surface area contributed by atoms with Crippen LogP contribution >= 0.6 is 0 Å². The van der Waals surface area contributed by atoms with Gasteiger partial charge in [-0.2, -0.15) is 0 Å². The maximum absolute atomic E-state index is 13.1. The van der Waals surface area contributed by atoms with Gasteiger partial charge < -0.3 is 20.5 Å². The molecule has 0 spiro atoms. The number of carbonyl (C=O) groups excluding carboxylic acids is 1. The Bertz CT molecular complexity index is 801. The van der Waals surface area contributed by atoms with Gasteiger partial charge in [0.05, 0.1) is 11.6 Å². The van der Waals surface area contributed by atoms with Crippen LogP contribution in [0, 0.1) is 11.7 Å². The molecule has 1 unspecified atom stereocenters.